The van der Waals surface area contributed by atoms with Crippen LogP contribution in [0.5, 0.6) is 5.75 Å². The number of aromatic carboxylic acids is 1. The van der Waals surface area contributed by atoms with Gasteiger partial charge in [0.1, 0.15) is 5.75 Å². The molecule has 0 bridgehead atoms. The molecule has 1 N–H and O–H groups in total. The Bertz CT molecular complexity index is 835. The van der Waals surface area contributed by atoms with E-state index in [1.165, 1.54) is 11.3 Å². The summed E-state index contributed by atoms with van der Waals surface area (Å²) < 4.78 is 7.38. The van der Waals surface area contributed by atoms with Crippen molar-refractivity contribution in [2.45, 2.75) is 20.3 Å². The van der Waals surface area contributed by atoms with E-state index in [1.807, 2.05) is 43.5 Å². The van der Waals surface area contributed by atoms with Gasteiger partial charge in [0.2, 0.25) is 0 Å². The molecule has 5 nitrogen and oxygen atoms in total. The highest BCUT2D eigenvalue weighted by Crippen LogP contribution is 2.34. The second-order valence-corrected chi connectivity index (χ2v) is 5.57. The summed E-state index contributed by atoms with van der Waals surface area (Å²) in [7, 11) is 0. The largest absolute Gasteiger partial charge is 0.493 e. The third-order valence-electron chi connectivity index (χ3n) is 3.44. The van der Waals surface area contributed by atoms with Crippen LogP contribution in [-0.2, 0) is 6.42 Å². The van der Waals surface area contributed by atoms with Crippen molar-refractivity contribution in [1.82, 2.24) is 9.38 Å². The smallest absolute Gasteiger partial charge is 0.354 e. The molecule has 2 aromatic heterocycles. The lowest BCUT2D eigenvalue weighted by Crippen LogP contribution is -2.06. The zero-order valence-corrected chi connectivity index (χ0v) is 13.2. The van der Waals surface area contributed by atoms with E-state index in [-0.39, 0.29) is 5.69 Å². The van der Waals surface area contributed by atoms with Gasteiger partial charge in [-0.2, -0.15) is 0 Å². The fourth-order valence-electron chi connectivity index (χ4n) is 2.52. The van der Waals surface area contributed by atoms with Crippen molar-refractivity contribution in [3.63, 3.8) is 0 Å². The number of hydrogen-bond donors (Lipinski definition) is 1. The van der Waals surface area contributed by atoms with Gasteiger partial charge in [-0.05, 0) is 25.5 Å². The van der Waals surface area contributed by atoms with Gasteiger partial charge >= 0.3 is 5.97 Å². The number of rotatable bonds is 5. The number of aryl methyl sites for hydroxylation is 1. The van der Waals surface area contributed by atoms with Gasteiger partial charge in [0.25, 0.3) is 0 Å². The van der Waals surface area contributed by atoms with Crippen molar-refractivity contribution in [2.75, 3.05) is 6.61 Å². The van der Waals surface area contributed by atoms with E-state index < -0.39 is 5.97 Å². The SMILES string of the molecule is CCOc1ccccc1-c1csc2nc(CC)c(C(=O)O)n12. The van der Waals surface area contributed by atoms with Crippen LogP contribution in [0.25, 0.3) is 16.2 Å². The van der Waals surface area contributed by atoms with Gasteiger partial charge in [-0.3, -0.25) is 4.40 Å². The van der Waals surface area contributed by atoms with Crippen molar-refractivity contribution < 1.29 is 14.6 Å². The lowest BCUT2D eigenvalue weighted by molar-refractivity contribution is 0.0688. The summed E-state index contributed by atoms with van der Waals surface area (Å²) in [5.74, 6) is -0.217. The number of carboxylic acids is 1. The van der Waals surface area contributed by atoms with Gasteiger partial charge in [-0.15, -0.1) is 11.3 Å². The van der Waals surface area contributed by atoms with E-state index in [0.717, 1.165) is 17.0 Å². The van der Waals surface area contributed by atoms with Crippen molar-refractivity contribution in [3.05, 3.63) is 41.0 Å². The Morgan fingerprint density at radius 1 is 1.36 bits per heavy atom. The first-order chi connectivity index (χ1) is 10.7. The molecule has 114 valence electrons. The molecule has 0 spiro atoms. The normalized spacial score (nSPS) is 11.0. The molecule has 6 heteroatoms. The first kappa shape index (κ1) is 14.6. The van der Waals surface area contributed by atoms with Gasteiger partial charge in [-0.25, -0.2) is 9.78 Å². The molecule has 0 amide bonds. The highest BCUT2D eigenvalue weighted by molar-refractivity contribution is 7.15. The van der Waals surface area contributed by atoms with Gasteiger partial charge < -0.3 is 9.84 Å². The molecule has 3 aromatic rings. The number of carboxylic acid groups (broad SMARTS) is 1. The van der Waals surface area contributed by atoms with Gasteiger partial charge in [0.15, 0.2) is 10.7 Å². The number of fused-ring (bicyclic) bond motifs is 1. The summed E-state index contributed by atoms with van der Waals surface area (Å²) in [5, 5.41) is 11.5. The number of thiazole rings is 1. The lowest BCUT2D eigenvalue weighted by atomic mass is 10.1. The molecule has 0 saturated carbocycles. The van der Waals surface area contributed by atoms with Crippen LogP contribution in [-0.4, -0.2) is 27.1 Å². The maximum Gasteiger partial charge on any atom is 0.354 e. The number of benzene rings is 1. The summed E-state index contributed by atoms with van der Waals surface area (Å²) in [6.07, 6.45) is 0.586. The monoisotopic (exact) mass is 316 g/mol. The molecule has 0 saturated heterocycles. The van der Waals surface area contributed by atoms with Crippen LogP contribution < -0.4 is 4.74 Å². The molecule has 0 fully saturated rings. The maximum atomic E-state index is 11.7. The highest BCUT2D eigenvalue weighted by Gasteiger charge is 2.22. The van der Waals surface area contributed by atoms with Gasteiger partial charge in [-0.1, -0.05) is 19.1 Å². The zero-order chi connectivity index (χ0) is 15.7. The van der Waals surface area contributed by atoms with Gasteiger partial charge in [0, 0.05) is 10.9 Å². The van der Waals surface area contributed by atoms with E-state index in [0.29, 0.717) is 23.7 Å². The summed E-state index contributed by atoms with van der Waals surface area (Å²) >= 11 is 1.44. The zero-order valence-electron chi connectivity index (χ0n) is 12.4. The minimum atomic E-state index is -0.960. The van der Waals surface area contributed by atoms with E-state index in [1.54, 1.807) is 4.40 Å². The number of carbonyl (C=O) groups is 1. The fourth-order valence-corrected chi connectivity index (χ4v) is 3.42. The predicted molar refractivity (Wildman–Crippen MR) is 86.0 cm³/mol. The number of ether oxygens (including phenoxy) is 1. The molecule has 0 radical (unpaired) electrons. The predicted octanol–water partition coefficient (Wildman–Crippen LogP) is 3.72. The Labute approximate surface area is 131 Å². The van der Waals surface area contributed by atoms with E-state index in [4.69, 9.17) is 4.74 Å². The minimum absolute atomic E-state index is 0.236. The number of para-hydroxylation sites is 1. The molecular formula is C16H16N2O3S. The molecule has 1 aromatic carbocycles. The van der Waals surface area contributed by atoms with Crippen molar-refractivity contribution in [2.24, 2.45) is 0 Å². The van der Waals surface area contributed by atoms with E-state index in [2.05, 4.69) is 4.98 Å². The molecule has 3 rings (SSSR count). The average molecular weight is 316 g/mol. The van der Waals surface area contributed by atoms with Crippen molar-refractivity contribution in [3.8, 4) is 17.0 Å². The molecule has 0 aliphatic heterocycles. The third kappa shape index (κ3) is 2.25. The van der Waals surface area contributed by atoms with E-state index in [9.17, 15) is 9.90 Å². The van der Waals surface area contributed by atoms with Crippen LogP contribution in [0.2, 0.25) is 0 Å². The van der Waals surface area contributed by atoms with E-state index >= 15 is 0 Å². The lowest BCUT2D eigenvalue weighted by Gasteiger charge is -2.10. The van der Waals surface area contributed by atoms with Crippen LogP contribution in [0, 0.1) is 0 Å². The van der Waals surface area contributed by atoms with Gasteiger partial charge in [0.05, 0.1) is 18.0 Å². The van der Waals surface area contributed by atoms with Crippen LogP contribution in [0.1, 0.15) is 30.0 Å². The number of hydrogen-bond acceptors (Lipinski definition) is 4. The number of nitrogens with zero attached hydrogens (tertiary/aromatic N) is 2. The molecule has 0 aliphatic rings. The first-order valence-electron chi connectivity index (χ1n) is 7.11. The Hall–Kier alpha value is -2.34. The first-order valence-corrected chi connectivity index (χ1v) is 7.99. The second kappa shape index (κ2) is 5.81. The standard InChI is InChI=1S/C16H16N2O3S/c1-3-11-14(15(19)20)18-12(9-22-16(18)17-11)10-7-5-6-8-13(10)21-4-2/h5-9H,3-4H2,1-2H3,(H,19,20). The molecule has 0 unspecified atom stereocenters. The topological polar surface area (TPSA) is 63.8 Å². The molecule has 2 heterocycles. The highest BCUT2D eigenvalue weighted by atomic mass is 32.1. The van der Waals surface area contributed by atoms with Crippen LogP contribution >= 0.6 is 11.3 Å². The molecule has 0 aliphatic carbocycles. The number of imidazole rings is 1. The Kier molecular flexibility index (Phi) is 3.85. The van der Waals surface area contributed by atoms with Crippen LogP contribution in [0.4, 0.5) is 0 Å². The Morgan fingerprint density at radius 3 is 2.82 bits per heavy atom. The fraction of sp³-hybridized carbons (Fsp3) is 0.250. The maximum absolute atomic E-state index is 11.7. The summed E-state index contributed by atoms with van der Waals surface area (Å²) in [4.78, 5) is 16.8. The Balaban J connectivity index is 2.28. The summed E-state index contributed by atoms with van der Waals surface area (Å²) in [6.45, 7) is 4.39. The molecule has 0 atom stereocenters. The average Bonchev–Trinajstić information content (AvgIpc) is 3.06. The minimum Gasteiger partial charge on any atom is -0.493 e. The quantitative estimate of drug-likeness (QED) is 0.779. The molecular weight excluding hydrogens is 300 g/mol. The summed E-state index contributed by atoms with van der Waals surface area (Å²) in [6, 6.07) is 7.64. The van der Waals surface area contributed by atoms with Crippen molar-refractivity contribution >= 4 is 22.3 Å². The third-order valence-corrected chi connectivity index (χ3v) is 4.26. The summed E-state index contributed by atoms with van der Waals surface area (Å²) in [5.41, 5.74) is 2.52. The van der Waals surface area contributed by atoms with Crippen LogP contribution in [0.3, 0.4) is 0 Å². The molecule has 22 heavy (non-hydrogen) atoms. The Morgan fingerprint density at radius 2 is 2.14 bits per heavy atom. The van der Waals surface area contributed by atoms with Crippen molar-refractivity contribution in [1.29, 1.82) is 0 Å². The number of aromatic nitrogens is 2. The van der Waals surface area contributed by atoms with Crippen LogP contribution in [0.15, 0.2) is 29.6 Å². The second-order valence-electron chi connectivity index (χ2n) is 4.73.